The number of nitrogens with zero attached hydrogens (tertiary/aromatic N) is 5. The highest BCUT2D eigenvalue weighted by atomic mass is 16.3. The van der Waals surface area contributed by atoms with E-state index in [1.807, 2.05) is 0 Å². The van der Waals surface area contributed by atoms with Crippen molar-refractivity contribution in [1.82, 2.24) is 34.6 Å². The number of carbonyl (C=O) groups is 2. The van der Waals surface area contributed by atoms with Gasteiger partial charge >= 0.3 is 0 Å². The van der Waals surface area contributed by atoms with E-state index in [1.165, 1.54) is 6.20 Å². The number of carbonyl (C=O) groups excluding carboxylic acids is 2. The van der Waals surface area contributed by atoms with Gasteiger partial charge < -0.3 is 20.3 Å². The van der Waals surface area contributed by atoms with Crippen LogP contribution in [0.4, 0.5) is 0 Å². The van der Waals surface area contributed by atoms with Gasteiger partial charge in [0.2, 0.25) is 11.7 Å². The molecule has 3 aromatic heterocycles. The van der Waals surface area contributed by atoms with Gasteiger partial charge in [-0.3, -0.25) is 14.0 Å². The molecule has 1 fully saturated rings. The maximum atomic E-state index is 13.1. The predicted octanol–water partition coefficient (Wildman–Crippen LogP) is 0.339. The van der Waals surface area contributed by atoms with Gasteiger partial charge in [0.15, 0.2) is 0 Å². The highest BCUT2D eigenvalue weighted by Gasteiger charge is 2.44. The molecule has 1 aliphatic heterocycles. The molecule has 3 atom stereocenters. The van der Waals surface area contributed by atoms with Crippen molar-refractivity contribution in [2.45, 2.75) is 44.2 Å². The number of fused-ring (bicyclic) bond motifs is 2. The molecule has 0 saturated carbocycles. The van der Waals surface area contributed by atoms with Gasteiger partial charge in [-0.05, 0) is 32.3 Å². The second-order valence-corrected chi connectivity index (χ2v) is 8.51. The van der Waals surface area contributed by atoms with Crippen LogP contribution in [0.2, 0.25) is 0 Å². The van der Waals surface area contributed by atoms with Crippen molar-refractivity contribution >= 4 is 17.6 Å². The zero-order valence-corrected chi connectivity index (χ0v) is 17.3. The summed E-state index contributed by atoms with van der Waals surface area (Å²) >= 11 is 0. The zero-order chi connectivity index (χ0) is 21.6. The van der Waals surface area contributed by atoms with Gasteiger partial charge in [-0.1, -0.05) is 0 Å². The first-order valence-electron chi connectivity index (χ1n) is 10.6. The van der Waals surface area contributed by atoms with Crippen LogP contribution in [0.3, 0.4) is 0 Å². The number of hydrogen-bond donors (Lipinski definition) is 3. The molecule has 1 aliphatic carbocycles. The first-order chi connectivity index (χ1) is 14.9. The number of amides is 2. The minimum atomic E-state index is -1.18. The topological polar surface area (TPSA) is 129 Å². The van der Waals surface area contributed by atoms with Crippen LogP contribution in [0.25, 0.3) is 5.78 Å². The largest absolute Gasteiger partial charge is 0.386 e. The molecule has 2 aliphatic rings. The Hall–Kier alpha value is -3.27. The molecule has 10 nitrogen and oxygen atoms in total. The average Bonchev–Trinajstić information content (AvgIpc) is 3.51. The molecule has 10 heteroatoms. The molecule has 162 valence electrons. The van der Waals surface area contributed by atoms with E-state index >= 15 is 0 Å². The quantitative estimate of drug-likeness (QED) is 0.555. The molecule has 3 aromatic rings. The molecule has 0 radical (unpaired) electrons. The third-order valence-corrected chi connectivity index (χ3v) is 6.60. The van der Waals surface area contributed by atoms with E-state index in [9.17, 15) is 14.7 Å². The highest BCUT2D eigenvalue weighted by Crippen LogP contribution is 2.30. The summed E-state index contributed by atoms with van der Waals surface area (Å²) < 4.78 is 1.60. The van der Waals surface area contributed by atoms with E-state index in [0.717, 1.165) is 24.2 Å². The van der Waals surface area contributed by atoms with Crippen molar-refractivity contribution in [1.29, 1.82) is 0 Å². The molecular weight excluding hydrogens is 398 g/mol. The number of imidazole rings is 2. The number of H-pyrrole nitrogens is 1. The molecule has 2 amide bonds. The summed E-state index contributed by atoms with van der Waals surface area (Å²) in [6.07, 6.45) is 9.08. The Balaban J connectivity index is 1.23. The van der Waals surface area contributed by atoms with E-state index < -0.39 is 11.6 Å². The van der Waals surface area contributed by atoms with E-state index in [4.69, 9.17) is 0 Å². The lowest BCUT2D eigenvalue weighted by Crippen LogP contribution is -2.53. The molecular formula is C21H25N7O3. The number of aromatic amines is 1. The fourth-order valence-corrected chi connectivity index (χ4v) is 4.63. The van der Waals surface area contributed by atoms with Gasteiger partial charge in [-0.2, -0.15) is 0 Å². The fraction of sp³-hybridized carbons (Fsp3) is 0.476. The number of β-amino-alcohol motifs (C(OH)–C–C–N with tert-alkyl or cyclic N) is 1. The Labute approximate surface area is 178 Å². The monoisotopic (exact) mass is 423 g/mol. The number of aryl methyl sites for hydroxylation is 1. The minimum Gasteiger partial charge on any atom is -0.386 e. The van der Waals surface area contributed by atoms with Gasteiger partial charge in [-0.15, -0.1) is 0 Å². The first kappa shape index (κ1) is 19.7. The second-order valence-electron chi connectivity index (χ2n) is 8.51. The van der Waals surface area contributed by atoms with Crippen LogP contribution >= 0.6 is 0 Å². The molecule has 31 heavy (non-hydrogen) atoms. The fourth-order valence-electron chi connectivity index (χ4n) is 4.63. The van der Waals surface area contributed by atoms with Crippen LogP contribution in [0, 0.1) is 5.92 Å². The van der Waals surface area contributed by atoms with Crippen molar-refractivity contribution < 1.29 is 14.7 Å². The Morgan fingerprint density at radius 1 is 1.35 bits per heavy atom. The molecule has 4 heterocycles. The predicted molar refractivity (Wildman–Crippen MR) is 110 cm³/mol. The molecule has 3 N–H and O–H groups in total. The summed E-state index contributed by atoms with van der Waals surface area (Å²) in [4.78, 5) is 43.2. The minimum absolute atomic E-state index is 0.0579. The van der Waals surface area contributed by atoms with Crippen LogP contribution in [0.1, 0.15) is 41.6 Å². The van der Waals surface area contributed by atoms with Crippen LogP contribution in [0.5, 0.6) is 0 Å². The summed E-state index contributed by atoms with van der Waals surface area (Å²) in [6, 6.07) is 1.19. The maximum absolute atomic E-state index is 13.1. The molecule has 0 spiro atoms. The second kappa shape index (κ2) is 7.45. The Morgan fingerprint density at radius 2 is 2.23 bits per heavy atom. The molecule has 3 unspecified atom stereocenters. The summed E-state index contributed by atoms with van der Waals surface area (Å²) in [5.41, 5.74) is 1.24. The molecule has 1 saturated heterocycles. The van der Waals surface area contributed by atoms with Crippen molar-refractivity contribution in [3.63, 3.8) is 0 Å². The van der Waals surface area contributed by atoms with E-state index in [2.05, 4.69) is 25.3 Å². The summed E-state index contributed by atoms with van der Waals surface area (Å²) in [5.74, 6) is 0.0447. The van der Waals surface area contributed by atoms with Crippen LogP contribution in [-0.2, 0) is 17.6 Å². The number of rotatable bonds is 4. The van der Waals surface area contributed by atoms with Crippen LogP contribution in [-0.4, -0.2) is 70.9 Å². The van der Waals surface area contributed by atoms with Gasteiger partial charge in [-0.25, -0.2) is 15.0 Å². The van der Waals surface area contributed by atoms with Crippen LogP contribution < -0.4 is 5.32 Å². The summed E-state index contributed by atoms with van der Waals surface area (Å²) in [6.45, 7) is 2.45. The van der Waals surface area contributed by atoms with Gasteiger partial charge in [0, 0.05) is 37.0 Å². The SMILES string of the molecule is CC(NC(=O)c1cnc2ncccn12)C1(O)CCN(C(=O)C2CCc3nc[nH]c3C2)C1. The number of aromatic nitrogens is 5. The third kappa shape index (κ3) is 3.46. The Bertz CT molecular complexity index is 1140. The maximum Gasteiger partial charge on any atom is 0.270 e. The highest BCUT2D eigenvalue weighted by molar-refractivity contribution is 5.93. The molecule has 0 bridgehead atoms. The smallest absolute Gasteiger partial charge is 0.270 e. The van der Waals surface area contributed by atoms with Gasteiger partial charge in [0.05, 0.1) is 30.8 Å². The Morgan fingerprint density at radius 3 is 3.10 bits per heavy atom. The van der Waals surface area contributed by atoms with Crippen LogP contribution in [0.15, 0.2) is 31.0 Å². The standard InChI is InChI=1S/C21H25N7O3/c1-13(26-18(29)17-10-23-20-22-6-2-7-28(17)20)21(31)5-8-27(11-21)19(30)14-3-4-15-16(9-14)25-12-24-15/h2,6-7,10,12-14,31H,3-5,8-9,11H2,1H3,(H,24,25)(H,26,29). The number of likely N-dealkylation sites (tertiary alicyclic amines) is 1. The lowest BCUT2D eigenvalue weighted by molar-refractivity contribution is -0.136. The average molecular weight is 423 g/mol. The third-order valence-electron chi connectivity index (χ3n) is 6.60. The van der Waals surface area contributed by atoms with Crippen molar-refractivity contribution in [3.05, 3.63) is 48.1 Å². The number of hydrogen-bond acceptors (Lipinski definition) is 6. The van der Waals surface area contributed by atoms with E-state index in [-0.39, 0.29) is 24.3 Å². The van der Waals surface area contributed by atoms with E-state index in [1.54, 1.807) is 41.0 Å². The summed E-state index contributed by atoms with van der Waals surface area (Å²) in [7, 11) is 0. The normalized spacial score (nSPS) is 24.2. The van der Waals surface area contributed by atoms with Gasteiger partial charge in [0.1, 0.15) is 11.3 Å². The van der Waals surface area contributed by atoms with Gasteiger partial charge in [0.25, 0.3) is 5.91 Å². The van der Waals surface area contributed by atoms with Crippen molar-refractivity contribution in [2.75, 3.05) is 13.1 Å². The number of aliphatic hydroxyl groups is 1. The van der Waals surface area contributed by atoms with Crippen molar-refractivity contribution in [2.24, 2.45) is 5.92 Å². The molecule has 5 rings (SSSR count). The summed E-state index contributed by atoms with van der Waals surface area (Å²) in [5, 5.41) is 14.1. The first-order valence-corrected chi connectivity index (χ1v) is 10.6. The lowest BCUT2D eigenvalue weighted by Gasteiger charge is -2.31. The van der Waals surface area contributed by atoms with E-state index in [0.29, 0.717) is 30.9 Å². The lowest BCUT2D eigenvalue weighted by atomic mass is 9.88. The van der Waals surface area contributed by atoms with Crippen molar-refractivity contribution in [3.8, 4) is 0 Å². The zero-order valence-electron chi connectivity index (χ0n) is 17.3. The number of nitrogens with one attached hydrogen (secondary N) is 2. The molecule has 0 aromatic carbocycles. The Kier molecular flexibility index (Phi) is 4.73.